The van der Waals surface area contributed by atoms with Crippen LogP contribution in [-0.4, -0.2) is 40.1 Å². The van der Waals surface area contributed by atoms with Crippen LogP contribution >= 0.6 is 0 Å². The Kier molecular flexibility index (Phi) is 2.50. The first kappa shape index (κ1) is 12.6. The number of nitrogens with zero attached hydrogens (tertiary/aromatic N) is 1. The molecule has 5 heteroatoms. The molecule has 1 spiro atoms. The Balaban J connectivity index is 1.63. The number of amides is 1. The molecule has 108 valence electrons. The van der Waals surface area contributed by atoms with Crippen LogP contribution in [0, 0.1) is 11.8 Å². The first-order valence-corrected chi connectivity index (χ1v) is 7.03. The molecule has 0 aromatic heterocycles. The van der Waals surface area contributed by atoms with Gasteiger partial charge in [-0.3, -0.25) is 9.59 Å². The number of aliphatic carboxylic acids is 1. The number of benzene rings is 1. The monoisotopic (exact) mass is 285 g/mol. The highest BCUT2D eigenvalue weighted by Gasteiger charge is 2.66. The zero-order chi connectivity index (χ0) is 14.6. The lowest BCUT2D eigenvalue weighted by Crippen LogP contribution is -2.39. The number of carbonyl (C=O) groups is 2. The van der Waals surface area contributed by atoms with Gasteiger partial charge in [-0.05, 0) is 5.56 Å². The van der Waals surface area contributed by atoms with Gasteiger partial charge in [-0.15, -0.1) is 0 Å². The fourth-order valence-electron chi connectivity index (χ4n) is 3.80. The third-order valence-corrected chi connectivity index (χ3v) is 4.68. The predicted octanol–water partition coefficient (Wildman–Crippen LogP) is 1.05. The van der Waals surface area contributed by atoms with E-state index in [2.05, 4.69) is 0 Å². The van der Waals surface area contributed by atoms with Crippen molar-refractivity contribution >= 4 is 11.9 Å². The molecule has 2 fully saturated rings. The Morgan fingerprint density at radius 3 is 2.86 bits per heavy atom. The minimum Gasteiger partial charge on any atom is -0.481 e. The van der Waals surface area contributed by atoms with Gasteiger partial charge in [0.25, 0.3) is 0 Å². The van der Waals surface area contributed by atoms with E-state index < -0.39 is 29.5 Å². The van der Waals surface area contributed by atoms with Gasteiger partial charge in [0.2, 0.25) is 5.91 Å². The van der Waals surface area contributed by atoms with Crippen molar-refractivity contribution in [3.63, 3.8) is 0 Å². The number of rotatable bonds is 3. The highest BCUT2D eigenvalue weighted by Crippen LogP contribution is 2.52. The van der Waals surface area contributed by atoms with E-state index in [0.29, 0.717) is 13.1 Å². The minimum atomic E-state index is -0.953. The summed E-state index contributed by atoms with van der Waals surface area (Å²) in [6, 6.07) is 9.70. The van der Waals surface area contributed by atoms with Crippen LogP contribution in [0.2, 0.25) is 0 Å². The normalized spacial score (nSPS) is 36.3. The second-order valence-electron chi connectivity index (χ2n) is 5.92. The van der Waals surface area contributed by atoms with Gasteiger partial charge in [0.1, 0.15) is 11.5 Å². The number of carboxylic acid groups (broad SMARTS) is 1. The maximum atomic E-state index is 12.6. The molecule has 3 aliphatic heterocycles. The van der Waals surface area contributed by atoms with Crippen molar-refractivity contribution in [2.24, 2.45) is 11.8 Å². The van der Waals surface area contributed by atoms with Crippen LogP contribution in [0.5, 0.6) is 0 Å². The molecule has 1 amide bonds. The Morgan fingerprint density at radius 2 is 2.14 bits per heavy atom. The first-order valence-electron chi connectivity index (χ1n) is 7.03. The van der Waals surface area contributed by atoms with Gasteiger partial charge in [-0.1, -0.05) is 42.5 Å². The molecular weight excluding hydrogens is 270 g/mol. The van der Waals surface area contributed by atoms with Gasteiger partial charge < -0.3 is 14.7 Å². The molecule has 21 heavy (non-hydrogen) atoms. The van der Waals surface area contributed by atoms with Crippen LogP contribution in [-0.2, 0) is 20.9 Å². The molecule has 4 rings (SSSR count). The maximum absolute atomic E-state index is 12.6. The summed E-state index contributed by atoms with van der Waals surface area (Å²) >= 11 is 0. The second kappa shape index (κ2) is 4.18. The molecule has 0 saturated carbocycles. The van der Waals surface area contributed by atoms with Crippen LogP contribution in [0.4, 0.5) is 0 Å². The summed E-state index contributed by atoms with van der Waals surface area (Å²) < 4.78 is 5.84. The Morgan fingerprint density at radius 1 is 1.38 bits per heavy atom. The number of fused-ring (bicyclic) bond motifs is 1. The van der Waals surface area contributed by atoms with Gasteiger partial charge in [0, 0.05) is 6.54 Å². The van der Waals surface area contributed by atoms with Gasteiger partial charge in [-0.2, -0.15) is 0 Å². The third-order valence-electron chi connectivity index (χ3n) is 4.68. The van der Waals surface area contributed by atoms with Gasteiger partial charge in [-0.25, -0.2) is 0 Å². The lowest BCUT2D eigenvalue weighted by atomic mass is 9.77. The molecule has 0 unspecified atom stereocenters. The number of hydrogen-bond acceptors (Lipinski definition) is 3. The average Bonchev–Trinajstić information content (AvgIpc) is 3.09. The van der Waals surface area contributed by atoms with Crippen molar-refractivity contribution in [1.82, 2.24) is 4.90 Å². The van der Waals surface area contributed by atoms with Crippen LogP contribution < -0.4 is 0 Å². The highest BCUT2D eigenvalue weighted by atomic mass is 16.5. The number of ether oxygens (including phenoxy) is 1. The van der Waals surface area contributed by atoms with Gasteiger partial charge >= 0.3 is 5.97 Å². The minimum absolute atomic E-state index is 0.113. The lowest BCUT2D eigenvalue weighted by molar-refractivity contribution is -0.148. The standard InChI is InChI=1S/C16H15NO4/c18-14-13-12(15(19)20)11-6-7-16(13,21-11)9-17(14)8-10-4-2-1-3-5-10/h1-7,11-13H,8-9H2,(H,19,20)/t11-,12-,13+,16+/m1/s1. The van der Waals surface area contributed by atoms with Crippen molar-refractivity contribution in [1.29, 1.82) is 0 Å². The molecule has 1 aromatic rings. The SMILES string of the molecule is O=C(O)[C@H]1[C@H]2C(=O)N(Cc3ccccc3)C[C@@]23C=C[C@H]1O3. The van der Waals surface area contributed by atoms with Crippen molar-refractivity contribution in [3.8, 4) is 0 Å². The lowest BCUT2D eigenvalue weighted by Gasteiger charge is -2.21. The number of carbonyl (C=O) groups excluding carboxylic acids is 1. The van der Waals surface area contributed by atoms with E-state index >= 15 is 0 Å². The van der Waals surface area contributed by atoms with E-state index in [0.717, 1.165) is 5.56 Å². The molecule has 0 aliphatic carbocycles. The summed E-state index contributed by atoms with van der Waals surface area (Å²) in [5.41, 5.74) is 0.298. The van der Waals surface area contributed by atoms with Crippen molar-refractivity contribution in [2.45, 2.75) is 18.2 Å². The zero-order valence-electron chi connectivity index (χ0n) is 11.3. The predicted molar refractivity (Wildman–Crippen MR) is 73.2 cm³/mol. The van der Waals surface area contributed by atoms with Crippen molar-refractivity contribution in [3.05, 3.63) is 48.0 Å². The van der Waals surface area contributed by atoms with E-state index in [1.807, 2.05) is 36.4 Å². The Labute approximate surface area is 121 Å². The molecule has 1 aromatic carbocycles. The topological polar surface area (TPSA) is 66.8 Å². The van der Waals surface area contributed by atoms with Gasteiger partial charge in [0.05, 0.1) is 18.6 Å². The van der Waals surface area contributed by atoms with Crippen LogP contribution in [0.3, 0.4) is 0 Å². The second-order valence-corrected chi connectivity index (χ2v) is 5.92. The quantitative estimate of drug-likeness (QED) is 0.843. The third kappa shape index (κ3) is 1.67. The summed E-state index contributed by atoms with van der Waals surface area (Å²) in [7, 11) is 0. The molecule has 5 nitrogen and oxygen atoms in total. The molecule has 3 aliphatic rings. The molecule has 3 heterocycles. The van der Waals surface area contributed by atoms with Crippen LogP contribution in [0.15, 0.2) is 42.5 Å². The smallest absolute Gasteiger partial charge is 0.310 e. The fourth-order valence-corrected chi connectivity index (χ4v) is 3.80. The summed E-state index contributed by atoms with van der Waals surface area (Å²) in [5.74, 6) is -2.42. The molecule has 4 atom stereocenters. The summed E-state index contributed by atoms with van der Waals surface area (Å²) in [5, 5.41) is 9.39. The van der Waals surface area contributed by atoms with Crippen molar-refractivity contribution in [2.75, 3.05) is 6.54 Å². The van der Waals surface area contributed by atoms with E-state index in [1.54, 1.807) is 11.0 Å². The molecule has 1 N–H and O–H groups in total. The molecular formula is C16H15NO4. The van der Waals surface area contributed by atoms with E-state index in [9.17, 15) is 14.7 Å². The number of likely N-dealkylation sites (tertiary alicyclic amines) is 1. The Hall–Kier alpha value is -2.14. The summed E-state index contributed by atoms with van der Waals surface area (Å²) in [6.07, 6.45) is 3.20. The fraction of sp³-hybridized carbons (Fsp3) is 0.375. The summed E-state index contributed by atoms with van der Waals surface area (Å²) in [4.78, 5) is 25.8. The summed E-state index contributed by atoms with van der Waals surface area (Å²) in [6.45, 7) is 0.925. The molecule has 2 bridgehead atoms. The maximum Gasteiger partial charge on any atom is 0.310 e. The number of carboxylic acids is 1. The van der Waals surface area contributed by atoms with E-state index in [-0.39, 0.29) is 5.91 Å². The largest absolute Gasteiger partial charge is 0.481 e. The average molecular weight is 285 g/mol. The van der Waals surface area contributed by atoms with Crippen molar-refractivity contribution < 1.29 is 19.4 Å². The van der Waals surface area contributed by atoms with Gasteiger partial charge in [0.15, 0.2) is 0 Å². The zero-order valence-corrected chi connectivity index (χ0v) is 11.3. The number of hydrogen-bond donors (Lipinski definition) is 1. The molecule has 0 radical (unpaired) electrons. The molecule has 2 saturated heterocycles. The van der Waals surface area contributed by atoms with E-state index in [4.69, 9.17) is 4.74 Å². The van der Waals surface area contributed by atoms with Crippen LogP contribution in [0.1, 0.15) is 5.56 Å². The first-order chi connectivity index (χ1) is 10.1. The highest BCUT2D eigenvalue weighted by molar-refractivity contribution is 5.90. The Bertz CT molecular complexity index is 641. The van der Waals surface area contributed by atoms with Crippen LogP contribution in [0.25, 0.3) is 0 Å². The van der Waals surface area contributed by atoms with E-state index in [1.165, 1.54) is 0 Å².